The Morgan fingerprint density at radius 2 is 2.06 bits per heavy atom. The molecule has 4 heteroatoms. The molecule has 100 valence electrons. The lowest BCUT2D eigenvalue weighted by atomic mass is 10.00. The van der Waals surface area contributed by atoms with Gasteiger partial charge in [0.1, 0.15) is 5.82 Å². The molecule has 0 saturated heterocycles. The van der Waals surface area contributed by atoms with Gasteiger partial charge in [0.05, 0.1) is 17.9 Å². The molecule has 2 N–H and O–H groups in total. The van der Waals surface area contributed by atoms with Crippen molar-refractivity contribution >= 4 is 11.7 Å². The van der Waals surface area contributed by atoms with Crippen molar-refractivity contribution in [1.29, 1.82) is 0 Å². The first-order chi connectivity index (χ1) is 8.40. The number of carbonyl (C=O) groups excluding carboxylic acids is 1. The average Bonchev–Trinajstić information content (AvgIpc) is 2.28. The lowest BCUT2D eigenvalue weighted by Gasteiger charge is -2.14. The molecule has 0 radical (unpaired) electrons. The summed E-state index contributed by atoms with van der Waals surface area (Å²) in [4.78, 5) is 11.7. The fourth-order valence-electron chi connectivity index (χ4n) is 1.84. The van der Waals surface area contributed by atoms with E-state index in [1.165, 1.54) is 18.2 Å². The van der Waals surface area contributed by atoms with Crippen LogP contribution in [0.5, 0.6) is 0 Å². The number of esters is 1. The molecule has 1 rings (SSSR count). The minimum absolute atomic E-state index is 0.0420. The Labute approximate surface area is 107 Å². The second kappa shape index (κ2) is 6.38. The Hall–Kier alpha value is -1.58. The molecule has 0 aliphatic heterocycles. The largest absolute Gasteiger partial charge is 0.462 e. The number of nitrogens with two attached hydrogens (primary N) is 1. The third-order valence-electron chi connectivity index (χ3n) is 2.60. The van der Waals surface area contributed by atoms with Crippen molar-refractivity contribution in [3.63, 3.8) is 0 Å². The maximum absolute atomic E-state index is 12.9. The van der Waals surface area contributed by atoms with Crippen molar-refractivity contribution in [1.82, 2.24) is 0 Å². The zero-order valence-corrected chi connectivity index (χ0v) is 11.1. The van der Waals surface area contributed by atoms with E-state index in [9.17, 15) is 9.18 Å². The van der Waals surface area contributed by atoms with Crippen LogP contribution in [0.2, 0.25) is 0 Å². The quantitative estimate of drug-likeness (QED) is 0.647. The monoisotopic (exact) mass is 253 g/mol. The van der Waals surface area contributed by atoms with E-state index in [0.717, 1.165) is 6.42 Å². The van der Waals surface area contributed by atoms with Gasteiger partial charge in [-0.2, -0.15) is 0 Å². The van der Waals surface area contributed by atoms with E-state index in [1.807, 2.05) is 6.92 Å². The van der Waals surface area contributed by atoms with Gasteiger partial charge in [0.15, 0.2) is 0 Å². The number of ether oxygens (including phenoxy) is 1. The number of hydrogen-bond donors (Lipinski definition) is 1. The normalized spacial score (nSPS) is 12.5. The van der Waals surface area contributed by atoms with Crippen molar-refractivity contribution in [2.24, 2.45) is 11.8 Å². The fourth-order valence-corrected chi connectivity index (χ4v) is 1.84. The Bertz CT molecular complexity index is 418. The Kier molecular flexibility index (Phi) is 5.13. The fraction of sp³-hybridized carbons (Fsp3) is 0.500. The summed E-state index contributed by atoms with van der Waals surface area (Å²) in [6.45, 7) is 6.65. The zero-order chi connectivity index (χ0) is 13.7. The van der Waals surface area contributed by atoms with Gasteiger partial charge in [-0.25, -0.2) is 9.18 Å². The molecular formula is C14H20FNO2. The molecule has 0 bridgehead atoms. The van der Waals surface area contributed by atoms with E-state index in [1.54, 1.807) is 0 Å². The van der Waals surface area contributed by atoms with Crippen LogP contribution in [0.1, 0.15) is 37.6 Å². The lowest BCUT2D eigenvalue weighted by molar-refractivity contribution is 0.0436. The summed E-state index contributed by atoms with van der Waals surface area (Å²) < 4.78 is 18.1. The Morgan fingerprint density at radius 3 is 2.61 bits per heavy atom. The first kappa shape index (κ1) is 14.5. The molecular weight excluding hydrogens is 233 g/mol. The van der Waals surface area contributed by atoms with Crippen LogP contribution in [0.15, 0.2) is 18.2 Å². The highest BCUT2D eigenvalue weighted by Gasteiger charge is 2.12. The van der Waals surface area contributed by atoms with Crippen LogP contribution in [0.4, 0.5) is 10.1 Å². The number of carbonyl (C=O) groups is 1. The van der Waals surface area contributed by atoms with Gasteiger partial charge < -0.3 is 10.5 Å². The van der Waals surface area contributed by atoms with Gasteiger partial charge >= 0.3 is 5.97 Å². The lowest BCUT2D eigenvalue weighted by Crippen LogP contribution is -2.14. The molecule has 18 heavy (non-hydrogen) atoms. The first-order valence-corrected chi connectivity index (χ1v) is 6.12. The SMILES string of the molecule is CC(C)CC(C)COC(=O)c1ccc(F)c(N)c1. The van der Waals surface area contributed by atoms with Gasteiger partial charge in [0, 0.05) is 0 Å². The Morgan fingerprint density at radius 1 is 1.39 bits per heavy atom. The van der Waals surface area contributed by atoms with Crippen LogP contribution in [0, 0.1) is 17.7 Å². The van der Waals surface area contributed by atoms with Gasteiger partial charge in [-0.15, -0.1) is 0 Å². The maximum atomic E-state index is 12.9. The number of hydrogen-bond acceptors (Lipinski definition) is 3. The highest BCUT2D eigenvalue weighted by atomic mass is 19.1. The molecule has 0 saturated carbocycles. The van der Waals surface area contributed by atoms with E-state index in [2.05, 4.69) is 13.8 Å². The highest BCUT2D eigenvalue weighted by Crippen LogP contribution is 2.15. The van der Waals surface area contributed by atoms with Crippen molar-refractivity contribution in [3.05, 3.63) is 29.6 Å². The molecule has 0 aliphatic rings. The van der Waals surface area contributed by atoms with Crippen LogP contribution in [0.25, 0.3) is 0 Å². The molecule has 1 atom stereocenters. The number of benzene rings is 1. The Balaban J connectivity index is 2.52. The van der Waals surface area contributed by atoms with Crippen molar-refractivity contribution in [2.45, 2.75) is 27.2 Å². The summed E-state index contributed by atoms with van der Waals surface area (Å²) >= 11 is 0. The van der Waals surface area contributed by atoms with Crippen molar-refractivity contribution in [3.8, 4) is 0 Å². The van der Waals surface area contributed by atoms with E-state index in [4.69, 9.17) is 10.5 Å². The smallest absolute Gasteiger partial charge is 0.338 e. The second-order valence-corrected chi connectivity index (χ2v) is 5.07. The van der Waals surface area contributed by atoms with Crippen LogP contribution >= 0.6 is 0 Å². The summed E-state index contributed by atoms with van der Waals surface area (Å²) in [6.07, 6.45) is 0.999. The number of halogens is 1. The predicted molar refractivity (Wildman–Crippen MR) is 69.7 cm³/mol. The molecule has 1 unspecified atom stereocenters. The first-order valence-electron chi connectivity index (χ1n) is 6.12. The van der Waals surface area contributed by atoms with Crippen LogP contribution in [-0.4, -0.2) is 12.6 Å². The van der Waals surface area contributed by atoms with Gasteiger partial charge in [0.25, 0.3) is 0 Å². The number of rotatable bonds is 5. The molecule has 0 amide bonds. The predicted octanol–water partition coefficient (Wildman–Crippen LogP) is 3.25. The summed E-state index contributed by atoms with van der Waals surface area (Å²) in [5.41, 5.74) is 5.64. The van der Waals surface area contributed by atoms with Crippen molar-refractivity contribution in [2.75, 3.05) is 12.3 Å². The van der Waals surface area contributed by atoms with E-state index >= 15 is 0 Å². The van der Waals surface area contributed by atoms with E-state index < -0.39 is 11.8 Å². The maximum Gasteiger partial charge on any atom is 0.338 e. The van der Waals surface area contributed by atoms with Gasteiger partial charge in [-0.1, -0.05) is 20.8 Å². The molecule has 1 aromatic carbocycles. The standard InChI is InChI=1S/C14H20FNO2/c1-9(2)6-10(3)8-18-14(17)11-4-5-12(15)13(16)7-11/h4-5,7,9-10H,6,8,16H2,1-3H3. The van der Waals surface area contributed by atoms with Crippen molar-refractivity contribution < 1.29 is 13.9 Å². The van der Waals surface area contributed by atoms with E-state index in [-0.39, 0.29) is 11.3 Å². The van der Waals surface area contributed by atoms with Crippen LogP contribution in [0.3, 0.4) is 0 Å². The molecule has 0 heterocycles. The molecule has 0 aliphatic carbocycles. The molecule has 1 aromatic rings. The molecule has 0 aromatic heterocycles. The van der Waals surface area contributed by atoms with Crippen LogP contribution in [-0.2, 0) is 4.74 Å². The number of anilines is 1. The minimum atomic E-state index is -0.528. The summed E-state index contributed by atoms with van der Waals surface area (Å²) in [6, 6.07) is 3.84. The van der Waals surface area contributed by atoms with Gasteiger partial charge in [0.2, 0.25) is 0 Å². The van der Waals surface area contributed by atoms with Gasteiger partial charge in [-0.3, -0.25) is 0 Å². The zero-order valence-electron chi connectivity index (χ0n) is 11.1. The topological polar surface area (TPSA) is 52.3 Å². The number of nitrogen functional groups attached to an aromatic ring is 1. The molecule has 3 nitrogen and oxygen atoms in total. The molecule has 0 fully saturated rings. The second-order valence-electron chi connectivity index (χ2n) is 5.07. The minimum Gasteiger partial charge on any atom is -0.462 e. The summed E-state index contributed by atoms with van der Waals surface area (Å²) in [5, 5.41) is 0. The van der Waals surface area contributed by atoms with Crippen LogP contribution < -0.4 is 5.73 Å². The average molecular weight is 253 g/mol. The van der Waals surface area contributed by atoms with Gasteiger partial charge in [-0.05, 0) is 36.5 Å². The summed E-state index contributed by atoms with van der Waals surface area (Å²) in [5.74, 6) is -0.107. The third-order valence-corrected chi connectivity index (χ3v) is 2.60. The highest BCUT2D eigenvalue weighted by molar-refractivity contribution is 5.90. The van der Waals surface area contributed by atoms with E-state index in [0.29, 0.717) is 18.4 Å². The molecule has 0 spiro atoms. The summed E-state index contributed by atoms with van der Waals surface area (Å²) in [7, 11) is 0. The third kappa shape index (κ3) is 4.35.